The van der Waals surface area contributed by atoms with Crippen LogP contribution in [0, 0.1) is 5.82 Å². The third-order valence-electron chi connectivity index (χ3n) is 6.36. The Bertz CT molecular complexity index is 1210. The number of carbonyl (C=O) groups is 1. The lowest BCUT2D eigenvalue weighted by molar-refractivity contribution is -0.120. The Labute approximate surface area is 198 Å². The average molecular weight is 462 g/mol. The third-order valence-corrected chi connectivity index (χ3v) is 6.36. The summed E-state index contributed by atoms with van der Waals surface area (Å²) in [5.74, 6) is 0.129. The Morgan fingerprint density at radius 3 is 2.32 bits per heavy atom. The van der Waals surface area contributed by atoms with E-state index in [1.165, 1.54) is 26.4 Å². The van der Waals surface area contributed by atoms with Gasteiger partial charge in [0.05, 0.1) is 20.6 Å². The Morgan fingerprint density at radius 1 is 1.00 bits per heavy atom. The fourth-order valence-corrected chi connectivity index (χ4v) is 4.57. The molecule has 34 heavy (non-hydrogen) atoms. The predicted octanol–water partition coefficient (Wildman–Crippen LogP) is 5.37. The highest BCUT2D eigenvalue weighted by Crippen LogP contribution is 2.46. The van der Waals surface area contributed by atoms with Gasteiger partial charge in [-0.05, 0) is 65.4 Å². The Hall–Kier alpha value is -3.80. The van der Waals surface area contributed by atoms with Gasteiger partial charge in [-0.1, -0.05) is 42.0 Å². The lowest BCUT2D eigenvalue weighted by atomic mass is 9.89. The summed E-state index contributed by atoms with van der Waals surface area (Å²) in [5, 5.41) is 13.2. The van der Waals surface area contributed by atoms with Crippen molar-refractivity contribution in [1.29, 1.82) is 0 Å². The zero-order chi connectivity index (χ0) is 24.2. The van der Waals surface area contributed by atoms with Crippen LogP contribution in [0.4, 0.5) is 4.39 Å². The number of allylic oxidation sites excluding steroid dienone is 1. The monoisotopic (exact) mass is 461 g/mol. The van der Waals surface area contributed by atoms with Gasteiger partial charge in [-0.15, -0.1) is 0 Å². The van der Waals surface area contributed by atoms with Crippen molar-refractivity contribution in [3.63, 3.8) is 0 Å². The van der Waals surface area contributed by atoms with Crippen LogP contribution in [-0.2, 0) is 17.8 Å². The molecule has 0 bridgehead atoms. The van der Waals surface area contributed by atoms with Crippen LogP contribution in [0.2, 0.25) is 0 Å². The third kappa shape index (κ3) is 4.76. The molecule has 6 heteroatoms. The molecule has 1 unspecified atom stereocenters. The number of amides is 1. The number of ether oxygens (including phenoxy) is 2. The average Bonchev–Trinajstić information content (AvgIpc) is 3.09. The highest BCUT2D eigenvalue weighted by molar-refractivity contribution is 5.92. The van der Waals surface area contributed by atoms with Gasteiger partial charge in [-0.25, -0.2) is 4.39 Å². The lowest BCUT2D eigenvalue weighted by Crippen LogP contribution is -2.22. The number of nitrogens with one attached hydrogen (secondary N) is 1. The molecular weight excluding hydrogens is 433 g/mol. The van der Waals surface area contributed by atoms with E-state index < -0.39 is 0 Å². The van der Waals surface area contributed by atoms with Gasteiger partial charge in [-0.3, -0.25) is 4.79 Å². The fraction of sp³-hybridized carbons (Fsp3) is 0.250. The first kappa shape index (κ1) is 23.4. The van der Waals surface area contributed by atoms with Crippen LogP contribution in [0.3, 0.4) is 0 Å². The SMILES string of the molecule is COc1cc(CC2C(C)=C(CC(=O)NCc3ccccc3)c3cc(F)ccc32)cc(OC)c1O. The molecule has 0 fully saturated rings. The number of phenolic OH excluding ortho intramolecular Hbond substituents is 1. The molecule has 0 heterocycles. The molecule has 2 N–H and O–H groups in total. The molecule has 1 amide bonds. The summed E-state index contributed by atoms with van der Waals surface area (Å²) >= 11 is 0. The molecule has 0 spiro atoms. The second kappa shape index (κ2) is 10.00. The minimum atomic E-state index is -0.331. The smallest absolute Gasteiger partial charge is 0.224 e. The Balaban J connectivity index is 1.61. The number of aromatic hydroxyl groups is 1. The standard InChI is InChI=1S/C28H28FNO4/c1-17-22(11-19-12-25(33-2)28(32)26(13-19)34-3)21-10-9-20(29)14-24(21)23(17)15-27(31)30-16-18-7-5-4-6-8-18/h4-10,12-14,22,32H,11,15-16H2,1-3H3,(H,30,31). The van der Waals surface area contributed by atoms with Crippen LogP contribution in [0.5, 0.6) is 17.2 Å². The van der Waals surface area contributed by atoms with Gasteiger partial charge in [0.15, 0.2) is 11.5 Å². The summed E-state index contributed by atoms with van der Waals surface area (Å²) < 4.78 is 24.8. The normalized spacial score (nSPS) is 14.6. The van der Waals surface area contributed by atoms with Crippen LogP contribution >= 0.6 is 0 Å². The van der Waals surface area contributed by atoms with E-state index >= 15 is 0 Å². The molecule has 0 saturated carbocycles. The Morgan fingerprint density at radius 2 is 1.68 bits per heavy atom. The number of methoxy groups -OCH3 is 2. The van der Waals surface area contributed by atoms with Gasteiger partial charge in [0.1, 0.15) is 5.82 Å². The molecule has 1 atom stereocenters. The molecule has 0 saturated heterocycles. The zero-order valence-corrected chi connectivity index (χ0v) is 19.5. The van der Waals surface area contributed by atoms with E-state index in [1.54, 1.807) is 18.2 Å². The minimum absolute atomic E-state index is 0.0357. The summed E-state index contributed by atoms with van der Waals surface area (Å²) in [5.41, 5.74) is 5.56. The molecular formula is C28H28FNO4. The maximum absolute atomic E-state index is 14.2. The Kier molecular flexibility index (Phi) is 6.87. The molecule has 1 aliphatic rings. The van der Waals surface area contributed by atoms with E-state index in [1.807, 2.05) is 37.3 Å². The zero-order valence-electron chi connectivity index (χ0n) is 19.5. The molecule has 1 aliphatic carbocycles. The maximum Gasteiger partial charge on any atom is 0.224 e. The maximum atomic E-state index is 14.2. The number of fused-ring (bicyclic) bond motifs is 1. The van der Waals surface area contributed by atoms with Crippen molar-refractivity contribution in [3.8, 4) is 17.2 Å². The summed E-state index contributed by atoms with van der Waals surface area (Å²) in [6, 6.07) is 18.0. The van der Waals surface area contributed by atoms with Crippen LogP contribution in [0.15, 0.2) is 66.2 Å². The topological polar surface area (TPSA) is 67.8 Å². The second-order valence-corrected chi connectivity index (χ2v) is 8.44. The van der Waals surface area contributed by atoms with Crippen molar-refractivity contribution < 1.29 is 23.8 Å². The van der Waals surface area contributed by atoms with Crippen LogP contribution in [0.1, 0.15) is 41.5 Å². The first-order valence-electron chi connectivity index (χ1n) is 11.1. The number of benzene rings is 3. The highest BCUT2D eigenvalue weighted by atomic mass is 19.1. The summed E-state index contributed by atoms with van der Waals surface area (Å²) in [7, 11) is 2.98. The number of hydrogen-bond acceptors (Lipinski definition) is 4. The van der Waals surface area contributed by atoms with Crippen LogP contribution in [-0.4, -0.2) is 25.2 Å². The van der Waals surface area contributed by atoms with Gasteiger partial charge in [0.2, 0.25) is 11.7 Å². The molecule has 0 radical (unpaired) electrons. The van der Waals surface area contributed by atoms with Crippen LogP contribution < -0.4 is 14.8 Å². The summed E-state index contributed by atoms with van der Waals surface area (Å²) in [6.07, 6.45) is 0.764. The van der Waals surface area contributed by atoms with E-state index in [4.69, 9.17) is 9.47 Å². The summed E-state index contributed by atoms with van der Waals surface area (Å²) in [4.78, 5) is 12.8. The molecule has 4 rings (SSSR count). The highest BCUT2D eigenvalue weighted by Gasteiger charge is 2.30. The molecule has 176 valence electrons. The van der Waals surface area contributed by atoms with Gasteiger partial charge in [0, 0.05) is 12.5 Å². The molecule has 0 aliphatic heterocycles. The summed E-state index contributed by atoms with van der Waals surface area (Å²) in [6.45, 7) is 2.44. The lowest BCUT2D eigenvalue weighted by Gasteiger charge is -2.17. The quantitative estimate of drug-likeness (QED) is 0.473. The van der Waals surface area contributed by atoms with Crippen molar-refractivity contribution in [3.05, 3.63) is 94.3 Å². The largest absolute Gasteiger partial charge is 0.502 e. The molecule has 5 nitrogen and oxygen atoms in total. The fourth-order valence-electron chi connectivity index (χ4n) is 4.57. The number of phenols is 1. The van der Waals surface area contributed by atoms with Crippen molar-refractivity contribution >= 4 is 11.5 Å². The number of rotatable bonds is 8. The number of carbonyl (C=O) groups excluding carboxylic acids is 1. The van der Waals surface area contributed by atoms with Crippen molar-refractivity contribution in [1.82, 2.24) is 5.32 Å². The van der Waals surface area contributed by atoms with Gasteiger partial charge in [-0.2, -0.15) is 0 Å². The molecule has 3 aromatic carbocycles. The first-order chi connectivity index (χ1) is 16.4. The van der Waals surface area contributed by atoms with E-state index in [0.29, 0.717) is 24.5 Å². The van der Waals surface area contributed by atoms with Gasteiger partial charge in [0.25, 0.3) is 0 Å². The van der Waals surface area contributed by atoms with E-state index in [0.717, 1.165) is 33.4 Å². The van der Waals surface area contributed by atoms with Crippen LogP contribution in [0.25, 0.3) is 5.57 Å². The van der Waals surface area contributed by atoms with E-state index in [-0.39, 0.29) is 29.8 Å². The van der Waals surface area contributed by atoms with E-state index in [9.17, 15) is 14.3 Å². The van der Waals surface area contributed by atoms with Crippen molar-refractivity contribution in [2.45, 2.75) is 32.2 Å². The van der Waals surface area contributed by atoms with Gasteiger partial charge < -0.3 is 19.9 Å². The molecule has 0 aromatic heterocycles. The predicted molar refractivity (Wildman–Crippen MR) is 130 cm³/mol. The second-order valence-electron chi connectivity index (χ2n) is 8.44. The van der Waals surface area contributed by atoms with Gasteiger partial charge >= 0.3 is 0 Å². The van der Waals surface area contributed by atoms with Crippen molar-refractivity contribution in [2.24, 2.45) is 0 Å². The number of halogens is 1. The van der Waals surface area contributed by atoms with Crippen molar-refractivity contribution in [2.75, 3.05) is 14.2 Å². The first-order valence-corrected chi connectivity index (χ1v) is 11.1. The molecule has 3 aromatic rings. The van der Waals surface area contributed by atoms with E-state index in [2.05, 4.69) is 5.32 Å². The number of hydrogen-bond donors (Lipinski definition) is 2. The minimum Gasteiger partial charge on any atom is -0.502 e.